The van der Waals surface area contributed by atoms with Crippen molar-refractivity contribution >= 4 is 10.8 Å². The maximum absolute atomic E-state index is 15.0. The van der Waals surface area contributed by atoms with Crippen LogP contribution in [0.3, 0.4) is 0 Å². The Hall–Kier alpha value is -1.64. The third-order valence-corrected chi connectivity index (χ3v) is 7.61. The third-order valence-electron chi connectivity index (χ3n) is 7.61. The van der Waals surface area contributed by atoms with Crippen molar-refractivity contribution in [3.05, 3.63) is 41.5 Å². The van der Waals surface area contributed by atoms with E-state index in [0.29, 0.717) is 28.0 Å². The topological polar surface area (TPSA) is 9.23 Å². The molecule has 2 aromatic rings. The number of halogens is 2. The van der Waals surface area contributed by atoms with E-state index >= 15 is 0 Å². The Morgan fingerprint density at radius 2 is 1.69 bits per heavy atom. The Morgan fingerprint density at radius 3 is 2.48 bits per heavy atom. The van der Waals surface area contributed by atoms with E-state index in [1.807, 2.05) is 0 Å². The molecule has 29 heavy (non-hydrogen) atoms. The molecule has 0 radical (unpaired) electrons. The van der Waals surface area contributed by atoms with Gasteiger partial charge >= 0.3 is 0 Å². The average molecular weight is 401 g/mol. The molecule has 1 nitrogen and oxygen atoms in total. The fraction of sp³-hybridized carbons (Fsp3) is 0.615. The molecule has 0 N–H and O–H groups in total. The molecule has 3 heteroatoms. The molecular weight excluding hydrogens is 366 g/mol. The number of ether oxygens (including phenoxy) is 1. The molecule has 2 saturated carbocycles. The van der Waals surface area contributed by atoms with Gasteiger partial charge in [-0.3, -0.25) is 0 Å². The van der Waals surface area contributed by atoms with E-state index in [1.165, 1.54) is 70.6 Å². The molecule has 0 bridgehead atoms. The standard InChI is InChI=1S/C26H34F2O/c1-3-4-5-6-17-7-8-19-12-20(10-9-18(19)11-17)23-16-24-21(14-25(23)27)13-22(29-2)15-26(24)28/h13-20H,3-12H2,1-2H3/t17?,18-,19?,20-/m1/s1. The zero-order valence-electron chi connectivity index (χ0n) is 17.9. The van der Waals surface area contributed by atoms with Crippen LogP contribution in [0.4, 0.5) is 8.78 Å². The monoisotopic (exact) mass is 400 g/mol. The molecule has 0 heterocycles. The largest absolute Gasteiger partial charge is 0.497 e. The lowest BCUT2D eigenvalue weighted by molar-refractivity contribution is 0.112. The van der Waals surface area contributed by atoms with Gasteiger partial charge in [0, 0.05) is 11.5 Å². The fourth-order valence-corrected chi connectivity index (χ4v) is 5.97. The van der Waals surface area contributed by atoms with Gasteiger partial charge in [0.25, 0.3) is 0 Å². The lowest BCUT2D eigenvalue weighted by Gasteiger charge is -2.42. The molecule has 2 aliphatic carbocycles. The summed E-state index contributed by atoms with van der Waals surface area (Å²) in [6, 6.07) is 6.36. The maximum Gasteiger partial charge on any atom is 0.134 e. The van der Waals surface area contributed by atoms with Gasteiger partial charge in [-0.15, -0.1) is 0 Å². The summed E-state index contributed by atoms with van der Waals surface area (Å²) >= 11 is 0. The van der Waals surface area contributed by atoms with Crippen LogP contribution in [-0.4, -0.2) is 7.11 Å². The molecule has 2 aromatic carbocycles. The van der Waals surface area contributed by atoms with Gasteiger partial charge in [-0.1, -0.05) is 39.0 Å². The van der Waals surface area contributed by atoms with Crippen LogP contribution in [0.2, 0.25) is 0 Å². The highest BCUT2D eigenvalue weighted by molar-refractivity contribution is 5.85. The summed E-state index contributed by atoms with van der Waals surface area (Å²) in [5.41, 5.74) is 0.713. The highest BCUT2D eigenvalue weighted by Gasteiger charge is 2.36. The van der Waals surface area contributed by atoms with E-state index in [9.17, 15) is 8.78 Å². The van der Waals surface area contributed by atoms with E-state index in [4.69, 9.17) is 4.74 Å². The van der Waals surface area contributed by atoms with E-state index < -0.39 is 0 Å². The molecule has 2 aliphatic rings. The minimum Gasteiger partial charge on any atom is -0.497 e. The predicted molar refractivity (Wildman–Crippen MR) is 115 cm³/mol. The zero-order valence-corrected chi connectivity index (χ0v) is 17.9. The maximum atomic E-state index is 15.0. The van der Waals surface area contributed by atoms with E-state index in [1.54, 1.807) is 12.1 Å². The molecular formula is C26H34F2O. The number of unbranched alkanes of at least 4 members (excludes halogenated alkanes) is 2. The van der Waals surface area contributed by atoms with E-state index in [2.05, 4.69) is 6.92 Å². The first kappa shape index (κ1) is 20.6. The number of fused-ring (bicyclic) bond motifs is 2. The first-order chi connectivity index (χ1) is 14.1. The number of methoxy groups -OCH3 is 1. The van der Waals surface area contributed by atoms with Gasteiger partial charge in [0.2, 0.25) is 0 Å². The van der Waals surface area contributed by atoms with Crippen molar-refractivity contribution in [2.24, 2.45) is 17.8 Å². The van der Waals surface area contributed by atoms with Gasteiger partial charge in [0.1, 0.15) is 17.4 Å². The Morgan fingerprint density at radius 1 is 0.897 bits per heavy atom. The van der Waals surface area contributed by atoms with Crippen molar-refractivity contribution in [1.29, 1.82) is 0 Å². The summed E-state index contributed by atoms with van der Waals surface area (Å²) in [5.74, 6) is 2.56. The van der Waals surface area contributed by atoms with Crippen LogP contribution in [0, 0.1) is 29.4 Å². The second-order valence-electron chi connectivity index (χ2n) is 9.41. The van der Waals surface area contributed by atoms with Crippen LogP contribution in [0.5, 0.6) is 5.75 Å². The molecule has 0 aromatic heterocycles. The molecule has 0 saturated heterocycles. The second-order valence-corrected chi connectivity index (χ2v) is 9.41. The summed E-state index contributed by atoms with van der Waals surface area (Å²) in [6.45, 7) is 2.27. The Kier molecular flexibility index (Phi) is 6.41. The molecule has 2 fully saturated rings. The summed E-state index contributed by atoms with van der Waals surface area (Å²) in [7, 11) is 1.50. The summed E-state index contributed by atoms with van der Waals surface area (Å²) in [6.07, 6.45) is 12.7. The molecule has 0 spiro atoms. The van der Waals surface area contributed by atoms with Crippen LogP contribution >= 0.6 is 0 Å². The lowest BCUT2D eigenvalue weighted by Crippen LogP contribution is -2.30. The zero-order chi connectivity index (χ0) is 20.4. The lowest BCUT2D eigenvalue weighted by atomic mass is 9.63. The van der Waals surface area contributed by atoms with Crippen LogP contribution in [0.15, 0.2) is 24.3 Å². The quantitative estimate of drug-likeness (QED) is 0.446. The summed E-state index contributed by atoms with van der Waals surface area (Å²) in [4.78, 5) is 0. The minimum absolute atomic E-state index is 0.193. The molecule has 4 rings (SSSR count). The van der Waals surface area contributed by atoms with Crippen LogP contribution in [-0.2, 0) is 0 Å². The van der Waals surface area contributed by atoms with Crippen molar-refractivity contribution in [3.8, 4) is 5.75 Å². The number of rotatable bonds is 6. The predicted octanol–water partition coefficient (Wildman–Crippen LogP) is 8.01. The van der Waals surface area contributed by atoms with Crippen LogP contribution < -0.4 is 4.74 Å². The van der Waals surface area contributed by atoms with Crippen molar-refractivity contribution in [3.63, 3.8) is 0 Å². The minimum atomic E-state index is -0.332. The Labute approximate surface area is 173 Å². The highest BCUT2D eigenvalue weighted by atomic mass is 19.1. The van der Waals surface area contributed by atoms with Crippen LogP contribution in [0.25, 0.3) is 10.8 Å². The first-order valence-corrected chi connectivity index (χ1v) is 11.6. The van der Waals surface area contributed by atoms with Crippen molar-refractivity contribution in [2.75, 3.05) is 7.11 Å². The number of benzene rings is 2. The smallest absolute Gasteiger partial charge is 0.134 e. The van der Waals surface area contributed by atoms with Gasteiger partial charge in [0.05, 0.1) is 7.11 Å². The van der Waals surface area contributed by atoms with Crippen LogP contribution in [0.1, 0.15) is 82.6 Å². The van der Waals surface area contributed by atoms with E-state index in [-0.39, 0.29) is 17.6 Å². The normalized spacial score (nSPS) is 27.0. The van der Waals surface area contributed by atoms with Gasteiger partial charge in [-0.25, -0.2) is 8.78 Å². The van der Waals surface area contributed by atoms with Crippen molar-refractivity contribution in [2.45, 2.75) is 77.0 Å². The van der Waals surface area contributed by atoms with Gasteiger partial charge in [0.15, 0.2) is 0 Å². The van der Waals surface area contributed by atoms with Crippen molar-refractivity contribution in [1.82, 2.24) is 0 Å². The SMILES string of the molecule is CCCCCC1CCC2C[C@H](c3cc4c(F)cc(OC)cc4cc3F)CC[C@@H]2C1. The number of hydrogen-bond acceptors (Lipinski definition) is 1. The molecule has 4 atom stereocenters. The summed E-state index contributed by atoms with van der Waals surface area (Å²) in [5, 5.41) is 1.08. The molecule has 158 valence electrons. The third kappa shape index (κ3) is 4.44. The first-order valence-electron chi connectivity index (χ1n) is 11.6. The van der Waals surface area contributed by atoms with Gasteiger partial charge < -0.3 is 4.74 Å². The van der Waals surface area contributed by atoms with Gasteiger partial charge in [-0.05, 0) is 84.9 Å². The van der Waals surface area contributed by atoms with E-state index in [0.717, 1.165) is 24.7 Å². The Bertz CT molecular complexity index is 846. The second kappa shape index (κ2) is 9.02. The number of hydrogen-bond donors (Lipinski definition) is 0. The highest BCUT2D eigenvalue weighted by Crippen LogP contribution is 2.49. The average Bonchev–Trinajstić information content (AvgIpc) is 2.73. The van der Waals surface area contributed by atoms with Gasteiger partial charge in [-0.2, -0.15) is 0 Å². The fourth-order valence-electron chi connectivity index (χ4n) is 5.97. The Balaban J connectivity index is 1.47. The van der Waals surface area contributed by atoms with Crippen molar-refractivity contribution < 1.29 is 13.5 Å². The molecule has 2 unspecified atom stereocenters. The molecule has 0 amide bonds. The summed E-state index contributed by atoms with van der Waals surface area (Å²) < 4.78 is 34.6. The molecule has 0 aliphatic heterocycles.